The van der Waals surface area contributed by atoms with Crippen LogP contribution in [0.15, 0.2) is 0 Å². The first-order valence-corrected chi connectivity index (χ1v) is 8.03. The maximum atomic E-state index is 11.2. The van der Waals surface area contributed by atoms with Gasteiger partial charge in [0.1, 0.15) is 0 Å². The van der Waals surface area contributed by atoms with Gasteiger partial charge >= 0.3 is 0 Å². The second kappa shape index (κ2) is 5.61. The first kappa shape index (κ1) is 12.5. The highest BCUT2D eigenvalue weighted by molar-refractivity contribution is 7.85. The van der Waals surface area contributed by atoms with E-state index in [-0.39, 0.29) is 5.54 Å². The summed E-state index contributed by atoms with van der Waals surface area (Å²) in [6.45, 7) is 3.11. The quantitative estimate of drug-likeness (QED) is 0.809. The normalized spacial score (nSPS) is 28.1. The monoisotopic (exact) mass is 244 g/mol. The third-order valence-corrected chi connectivity index (χ3v) is 5.32. The number of nitrogens with zero attached hydrogens (tertiary/aromatic N) is 1. The number of hydrogen-bond acceptors (Lipinski definition) is 3. The summed E-state index contributed by atoms with van der Waals surface area (Å²) in [5.41, 5.74) is 6.52. The number of rotatable bonds is 3. The van der Waals surface area contributed by atoms with Crippen molar-refractivity contribution in [3.05, 3.63) is 0 Å². The van der Waals surface area contributed by atoms with Crippen LogP contribution in [0.2, 0.25) is 0 Å². The fourth-order valence-corrected chi connectivity index (χ4v) is 3.91. The third-order valence-electron chi connectivity index (χ3n) is 4.05. The predicted molar refractivity (Wildman–Crippen MR) is 68.9 cm³/mol. The molecular formula is C12H24N2OS. The average Bonchev–Trinajstić information content (AvgIpc) is 2.29. The van der Waals surface area contributed by atoms with Gasteiger partial charge < -0.3 is 10.6 Å². The maximum Gasteiger partial charge on any atom is 0.0363 e. The van der Waals surface area contributed by atoms with Crippen molar-refractivity contribution in [3.8, 4) is 0 Å². The van der Waals surface area contributed by atoms with Gasteiger partial charge in [-0.15, -0.1) is 0 Å². The van der Waals surface area contributed by atoms with Crippen molar-refractivity contribution in [2.24, 2.45) is 5.73 Å². The van der Waals surface area contributed by atoms with Crippen LogP contribution >= 0.6 is 0 Å². The summed E-state index contributed by atoms with van der Waals surface area (Å²) in [5.74, 6) is 1.72. The molecule has 0 aromatic heterocycles. The molecule has 2 aliphatic rings. The third kappa shape index (κ3) is 3.54. The van der Waals surface area contributed by atoms with Gasteiger partial charge in [-0.1, -0.05) is 19.3 Å². The predicted octanol–water partition coefficient (Wildman–Crippen LogP) is 1.10. The molecule has 94 valence electrons. The summed E-state index contributed by atoms with van der Waals surface area (Å²) in [5, 5.41) is 0. The second-order valence-corrected chi connectivity index (χ2v) is 7.06. The molecule has 2 N–H and O–H groups in total. The zero-order chi connectivity index (χ0) is 11.4. The molecule has 0 atom stereocenters. The van der Waals surface area contributed by atoms with E-state index in [1.54, 1.807) is 0 Å². The summed E-state index contributed by atoms with van der Waals surface area (Å²) < 4.78 is 11.2. The van der Waals surface area contributed by atoms with Crippen molar-refractivity contribution in [3.63, 3.8) is 0 Å². The Balaban J connectivity index is 1.71. The average molecular weight is 244 g/mol. The van der Waals surface area contributed by atoms with E-state index in [9.17, 15) is 4.21 Å². The van der Waals surface area contributed by atoms with Crippen molar-refractivity contribution in [2.75, 3.05) is 31.1 Å². The Morgan fingerprint density at radius 3 is 2.38 bits per heavy atom. The van der Waals surface area contributed by atoms with E-state index in [1.165, 1.54) is 32.1 Å². The first-order chi connectivity index (χ1) is 7.68. The largest absolute Gasteiger partial charge is 0.325 e. The molecule has 1 saturated carbocycles. The van der Waals surface area contributed by atoms with Gasteiger partial charge in [0.05, 0.1) is 0 Å². The Hall–Kier alpha value is 0.0700. The van der Waals surface area contributed by atoms with E-state index in [2.05, 4.69) is 4.90 Å². The molecule has 1 heterocycles. The minimum Gasteiger partial charge on any atom is -0.325 e. The molecule has 1 aliphatic heterocycles. The molecule has 0 aromatic carbocycles. The molecule has 0 amide bonds. The zero-order valence-corrected chi connectivity index (χ0v) is 10.9. The summed E-state index contributed by atoms with van der Waals surface area (Å²) in [7, 11) is -0.553. The van der Waals surface area contributed by atoms with Crippen LogP contribution in [-0.2, 0) is 10.8 Å². The highest BCUT2D eigenvalue weighted by Crippen LogP contribution is 2.28. The molecule has 4 heteroatoms. The molecule has 0 spiro atoms. The van der Waals surface area contributed by atoms with Crippen molar-refractivity contribution < 1.29 is 4.21 Å². The first-order valence-electron chi connectivity index (χ1n) is 6.54. The van der Waals surface area contributed by atoms with Gasteiger partial charge in [-0.2, -0.15) is 0 Å². The molecule has 0 radical (unpaired) electrons. The molecule has 16 heavy (non-hydrogen) atoms. The Labute approximate surface area is 101 Å². The van der Waals surface area contributed by atoms with E-state index in [4.69, 9.17) is 5.73 Å². The summed E-state index contributed by atoms with van der Waals surface area (Å²) >= 11 is 0. The van der Waals surface area contributed by atoms with Gasteiger partial charge in [-0.3, -0.25) is 4.21 Å². The van der Waals surface area contributed by atoms with Gasteiger partial charge in [0.15, 0.2) is 0 Å². The summed E-state index contributed by atoms with van der Waals surface area (Å²) in [6, 6.07) is 0. The zero-order valence-electron chi connectivity index (χ0n) is 10.1. The Morgan fingerprint density at radius 1 is 1.12 bits per heavy atom. The van der Waals surface area contributed by atoms with Crippen molar-refractivity contribution in [1.29, 1.82) is 0 Å². The van der Waals surface area contributed by atoms with Crippen molar-refractivity contribution >= 4 is 10.8 Å². The van der Waals surface area contributed by atoms with E-state index in [0.29, 0.717) is 0 Å². The Bertz CT molecular complexity index is 241. The van der Waals surface area contributed by atoms with Crippen LogP contribution in [0.4, 0.5) is 0 Å². The number of hydrogen-bond donors (Lipinski definition) is 1. The molecule has 2 rings (SSSR count). The number of nitrogens with two attached hydrogens (primary N) is 1. The van der Waals surface area contributed by atoms with E-state index >= 15 is 0 Å². The van der Waals surface area contributed by atoms with Gasteiger partial charge in [0, 0.05) is 40.9 Å². The highest BCUT2D eigenvalue weighted by atomic mass is 32.2. The lowest BCUT2D eigenvalue weighted by atomic mass is 9.80. The van der Waals surface area contributed by atoms with Crippen molar-refractivity contribution in [2.45, 2.75) is 44.1 Å². The molecule has 0 bridgehead atoms. The Kier molecular flexibility index (Phi) is 4.39. The van der Waals surface area contributed by atoms with Gasteiger partial charge in [-0.25, -0.2) is 0 Å². The molecular weight excluding hydrogens is 220 g/mol. The van der Waals surface area contributed by atoms with Crippen LogP contribution in [-0.4, -0.2) is 45.8 Å². The second-order valence-electron chi connectivity index (χ2n) is 5.36. The van der Waals surface area contributed by atoms with Gasteiger partial charge in [0.2, 0.25) is 0 Å². The topological polar surface area (TPSA) is 46.3 Å². The Morgan fingerprint density at radius 2 is 1.75 bits per heavy atom. The molecule has 2 fully saturated rings. The minimum atomic E-state index is -0.553. The molecule has 1 saturated heterocycles. The summed E-state index contributed by atoms with van der Waals surface area (Å²) in [4.78, 5) is 2.44. The van der Waals surface area contributed by atoms with Crippen LogP contribution in [0.25, 0.3) is 0 Å². The molecule has 1 aliphatic carbocycles. The van der Waals surface area contributed by atoms with Crippen LogP contribution in [0.5, 0.6) is 0 Å². The fraction of sp³-hybridized carbons (Fsp3) is 1.00. The molecule has 0 unspecified atom stereocenters. The fourth-order valence-electron chi connectivity index (χ4n) is 2.79. The maximum absolute atomic E-state index is 11.2. The van der Waals surface area contributed by atoms with E-state index < -0.39 is 10.8 Å². The minimum absolute atomic E-state index is 0.106. The molecule has 3 nitrogen and oxygen atoms in total. The smallest absolute Gasteiger partial charge is 0.0363 e. The van der Waals surface area contributed by atoms with Gasteiger partial charge in [-0.05, 0) is 25.8 Å². The van der Waals surface area contributed by atoms with Crippen LogP contribution in [0, 0.1) is 0 Å². The lowest BCUT2D eigenvalue weighted by Gasteiger charge is -2.36. The lowest BCUT2D eigenvalue weighted by molar-refractivity contribution is 0.217. The van der Waals surface area contributed by atoms with Crippen LogP contribution in [0.3, 0.4) is 0 Å². The van der Waals surface area contributed by atoms with Crippen molar-refractivity contribution in [1.82, 2.24) is 4.90 Å². The van der Waals surface area contributed by atoms with Crippen LogP contribution in [0.1, 0.15) is 38.5 Å². The van der Waals surface area contributed by atoms with E-state index in [1.807, 2.05) is 0 Å². The van der Waals surface area contributed by atoms with E-state index in [0.717, 1.165) is 37.6 Å². The highest BCUT2D eigenvalue weighted by Gasteiger charge is 2.28. The standard InChI is InChI=1S/C12H24N2OS/c13-12(4-2-1-3-5-12)6-7-14-8-10-16(15)11-9-14/h1-11,13H2. The van der Waals surface area contributed by atoms with Crippen LogP contribution < -0.4 is 5.73 Å². The summed E-state index contributed by atoms with van der Waals surface area (Å²) in [6.07, 6.45) is 7.50. The lowest BCUT2D eigenvalue weighted by Crippen LogP contribution is -2.46. The van der Waals surface area contributed by atoms with Gasteiger partial charge in [0.25, 0.3) is 0 Å². The molecule has 0 aromatic rings. The SMILES string of the molecule is NC1(CCN2CCS(=O)CC2)CCCCC1.